The minimum Gasteiger partial charge on any atom is -0.354 e. The minimum absolute atomic E-state index is 0.0502. The summed E-state index contributed by atoms with van der Waals surface area (Å²) >= 11 is 1.71. The molecule has 3 rings (SSSR count). The van der Waals surface area contributed by atoms with Crippen molar-refractivity contribution < 1.29 is 4.79 Å². The SMILES string of the molecule is Cn1ncc2c1CCNC2C(=O)NCCCc1ccsc1. The van der Waals surface area contributed by atoms with Gasteiger partial charge in [-0.25, -0.2) is 0 Å². The zero-order chi connectivity index (χ0) is 14.7. The van der Waals surface area contributed by atoms with Gasteiger partial charge in [-0.15, -0.1) is 0 Å². The predicted molar refractivity (Wildman–Crippen MR) is 83.3 cm³/mol. The maximum atomic E-state index is 12.3. The van der Waals surface area contributed by atoms with Crippen LogP contribution in [0.4, 0.5) is 0 Å². The molecule has 1 unspecified atom stereocenters. The summed E-state index contributed by atoms with van der Waals surface area (Å²) in [5, 5.41) is 14.8. The van der Waals surface area contributed by atoms with Crippen molar-refractivity contribution >= 4 is 17.2 Å². The van der Waals surface area contributed by atoms with Crippen LogP contribution in [0.15, 0.2) is 23.0 Å². The van der Waals surface area contributed by atoms with Crippen molar-refractivity contribution in [2.45, 2.75) is 25.3 Å². The van der Waals surface area contributed by atoms with Crippen molar-refractivity contribution in [3.8, 4) is 0 Å². The Bertz CT molecular complexity index is 605. The quantitative estimate of drug-likeness (QED) is 0.821. The second-order valence-electron chi connectivity index (χ2n) is 5.33. The second kappa shape index (κ2) is 6.41. The lowest BCUT2D eigenvalue weighted by Crippen LogP contribution is -2.41. The smallest absolute Gasteiger partial charge is 0.241 e. The van der Waals surface area contributed by atoms with Crippen molar-refractivity contribution in [3.05, 3.63) is 39.8 Å². The molecule has 0 saturated carbocycles. The Morgan fingerprint density at radius 3 is 3.33 bits per heavy atom. The average molecular weight is 304 g/mol. The van der Waals surface area contributed by atoms with Gasteiger partial charge in [0.2, 0.25) is 5.91 Å². The van der Waals surface area contributed by atoms with Gasteiger partial charge in [-0.3, -0.25) is 9.48 Å². The number of hydrogen-bond donors (Lipinski definition) is 2. The van der Waals surface area contributed by atoms with E-state index in [2.05, 4.69) is 32.6 Å². The van der Waals surface area contributed by atoms with E-state index >= 15 is 0 Å². The number of thiophene rings is 1. The molecule has 3 heterocycles. The lowest BCUT2D eigenvalue weighted by atomic mass is 10.0. The summed E-state index contributed by atoms with van der Waals surface area (Å²) in [6, 6.07) is 1.88. The Morgan fingerprint density at radius 2 is 2.52 bits per heavy atom. The molecule has 6 heteroatoms. The number of rotatable bonds is 5. The molecule has 112 valence electrons. The molecule has 1 aliphatic rings. The molecule has 0 aromatic carbocycles. The van der Waals surface area contributed by atoms with E-state index in [1.54, 1.807) is 17.5 Å². The first kappa shape index (κ1) is 14.3. The number of carbonyl (C=O) groups is 1. The van der Waals surface area contributed by atoms with Gasteiger partial charge < -0.3 is 10.6 Å². The third kappa shape index (κ3) is 3.16. The standard InChI is InChI=1S/C15H20N4OS/c1-19-13-4-7-16-14(12(13)9-18-19)15(20)17-6-2-3-11-5-8-21-10-11/h5,8-10,14,16H,2-4,6-7H2,1H3,(H,17,20). The molecule has 1 aliphatic heterocycles. The molecule has 1 amide bonds. The zero-order valence-corrected chi connectivity index (χ0v) is 12.9. The minimum atomic E-state index is -0.261. The Kier molecular flexibility index (Phi) is 4.36. The molecule has 0 spiro atoms. The lowest BCUT2D eigenvalue weighted by Gasteiger charge is -2.23. The van der Waals surface area contributed by atoms with Crippen molar-refractivity contribution in [2.75, 3.05) is 13.1 Å². The number of amides is 1. The number of hydrogen-bond acceptors (Lipinski definition) is 4. The van der Waals surface area contributed by atoms with Crippen LogP contribution in [0, 0.1) is 0 Å². The van der Waals surface area contributed by atoms with E-state index in [0.717, 1.165) is 37.1 Å². The maximum Gasteiger partial charge on any atom is 0.241 e. The highest BCUT2D eigenvalue weighted by atomic mass is 32.1. The van der Waals surface area contributed by atoms with Gasteiger partial charge in [0.15, 0.2) is 0 Å². The van der Waals surface area contributed by atoms with Gasteiger partial charge in [0.05, 0.1) is 6.20 Å². The zero-order valence-electron chi connectivity index (χ0n) is 12.1. The largest absolute Gasteiger partial charge is 0.354 e. The first-order chi connectivity index (χ1) is 10.3. The van der Waals surface area contributed by atoms with Gasteiger partial charge in [-0.05, 0) is 35.2 Å². The van der Waals surface area contributed by atoms with Crippen LogP contribution in [0.1, 0.15) is 29.3 Å². The molecule has 2 aromatic heterocycles. The van der Waals surface area contributed by atoms with E-state index in [4.69, 9.17) is 0 Å². The van der Waals surface area contributed by atoms with Gasteiger partial charge in [0.25, 0.3) is 0 Å². The summed E-state index contributed by atoms with van der Waals surface area (Å²) in [4.78, 5) is 12.3. The fourth-order valence-corrected chi connectivity index (χ4v) is 3.45. The molecule has 2 aromatic rings. The summed E-state index contributed by atoms with van der Waals surface area (Å²) in [6.07, 6.45) is 4.71. The number of nitrogens with one attached hydrogen (secondary N) is 2. The molecule has 0 fully saturated rings. The first-order valence-electron chi connectivity index (χ1n) is 7.28. The van der Waals surface area contributed by atoms with Gasteiger partial charge in [-0.1, -0.05) is 0 Å². The molecule has 1 atom stereocenters. The average Bonchev–Trinajstić information content (AvgIpc) is 3.13. The van der Waals surface area contributed by atoms with E-state index in [-0.39, 0.29) is 11.9 Å². The van der Waals surface area contributed by atoms with Gasteiger partial charge in [-0.2, -0.15) is 16.4 Å². The number of nitrogens with zero attached hydrogens (tertiary/aromatic N) is 2. The fraction of sp³-hybridized carbons (Fsp3) is 0.467. The van der Waals surface area contributed by atoms with E-state index in [1.807, 2.05) is 11.7 Å². The fourth-order valence-electron chi connectivity index (χ4n) is 2.75. The highest BCUT2D eigenvalue weighted by molar-refractivity contribution is 7.07. The second-order valence-corrected chi connectivity index (χ2v) is 6.11. The molecule has 0 radical (unpaired) electrons. The molecule has 0 bridgehead atoms. The molecular formula is C15H20N4OS. The normalized spacial score (nSPS) is 17.5. The topological polar surface area (TPSA) is 59.0 Å². The van der Waals surface area contributed by atoms with Crippen LogP contribution in [0.5, 0.6) is 0 Å². The summed E-state index contributed by atoms with van der Waals surface area (Å²) in [5.41, 5.74) is 3.52. The Morgan fingerprint density at radius 1 is 1.62 bits per heavy atom. The van der Waals surface area contributed by atoms with Crippen LogP contribution in [-0.2, 0) is 24.7 Å². The molecule has 0 saturated heterocycles. The van der Waals surface area contributed by atoms with E-state index in [9.17, 15) is 4.79 Å². The summed E-state index contributed by atoms with van der Waals surface area (Å²) in [5.74, 6) is 0.0502. The van der Waals surface area contributed by atoms with E-state index < -0.39 is 0 Å². The summed E-state index contributed by atoms with van der Waals surface area (Å²) < 4.78 is 1.87. The van der Waals surface area contributed by atoms with E-state index in [0.29, 0.717) is 6.54 Å². The molecular weight excluding hydrogens is 284 g/mol. The third-order valence-electron chi connectivity index (χ3n) is 3.90. The number of fused-ring (bicyclic) bond motifs is 1. The van der Waals surface area contributed by atoms with Crippen LogP contribution in [0.3, 0.4) is 0 Å². The molecule has 0 aliphatic carbocycles. The molecule has 5 nitrogen and oxygen atoms in total. The highest BCUT2D eigenvalue weighted by Crippen LogP contribution is 2.22. The van der Waals surface area contributed by atoms with Crippen LogP contribution in [0.25, 0.3) is 0 Å². The first-order valence-corrected chi connectivity index (χ1v) is 8.23. The van der Waals surface area contributed by atoms with Gasteiger partial charge in [0, 0.05) is 37.8 Å². The van der Waals surface area contributed by atoms with Crippen molar-refractivity contribution in [1.29, 1.82) is 0 Å². The summed E-state index contributed by atoms with van der Waals surface area (Å²) in [6.45, 7) is 1.53. The third-order valence-corrected chi connectivity index (χ3v) is 4.63. The number of aryl methyl sites for hydroxylation is 2. The molecule has 21 heavy (non-hydrogen) atoms. The van der Waals surface area contributed by atoms with Crippen LogP contribution in [0.2, 0.25) is 0 Å². The maximum absolute atomic E-state index is 12.3. The Labute approximate surface area is 128 Å². The van der Waals surface area contributed by atoms with Crippen LogP contribution in [-0.4, -0.2) is 28.8 Å². The van der Waals surface area contributed by atoms with Crippen molar-refractivity contribution in [3.63, 3.8) is 0 Å². The highest BCUT2D eigenvalue weighted by Gasteiger charge is 2.28. The van der Waals surface area contributed by atoms with Gasteiger partial charge in [0.1, 0.15) is 6.04 Å². The Balaban J connectivity index is 1.52. The van der Waals surface area contributed by atoms with Crippen LogP contribution < -0.4 is 10.6 Å². The van der Waals surface area contributed by atoms with Gasteiger partial charge >= 0.3 is 0 Å². The summed E-state index contributed by atoms with van der Waals surface area (Å²) in [7, 11) is 1.93. The van der Waals surface area contributed by atoms with Crippen molar-refractivity contribution in [1.82, 2.24) is 20.4 Å². The lowest BCUT2D eigenvalue weighted by molar-refractivity contribution is -0.123. The Hall–Kier alpha value is -1.66. The number of carbonyl (C=O) groups excluding carboxylic acids is 1. The molecule has 2 N–H and O–H groups in total. The van der Waals surface area contributed by atoms with E-state index in [1.165, 1.54) is 5.56 Å². The predicted octanol–water partition coefficient (Wildman–Crippen LogP) is 1.42. The monoisotopic (exact) mass is 304 g/mol. The van der Waals surface area contributed by atoms with Crippen molar-refractivity contribution in [2.24, 2.45) is 7.05 Å². The number of aromatic nitrogens is 2. The van der Waals surface area contributed by atoms with Crippen LogP contribution >= 0.6 is 11.3 Å².